The van der Waals surface area contributed by atoms with Gasteiger partial charge in [0.1, 0.15) is 0 Å². The zero-order valence-corrected chi connectivity index (χ0v) is 20.1. The second-order valence-corrected chi connectivity index (χ2v) is 9.34. The van der Waals surface area contributed by atoms with Gasteiger partial charge in [0.2, 0.25) is 6.17 Å². The van der Waals surface area contributed by atoms with E-state index in [0.29, 0.717) is 21.9 Å². The molecule has 2 aliphatic heterocycles. The standard InChI is InChI=1S/C24H28ClN5OS/c1-15(2)30-12-11-18(14-30)26-24(32)28-22-23(31)29(3)20-10-9-17(25)13-19(20)21(27-22)16-7-5-4-6-8-16/h4-10,13,15,18,22H,11-12,14H2,1-3H3,(H2,26,28,32). The average molecular weight is 470 g/mol. The molecule has 0 radical (unpaired) electrons. The van der Waals surface area contributed by atoms with E-state index in [1.807, 2.05) is 42.5 Å². The van der Waals surface area contributed by atoms with Crippen LogP contribution < -0.4 is 15.5 Å². The number of thiocarbonyl (C=S) groups is 1. The van der Waals surface area contributed by atoms with E-state index in [2.05, 4.69) is 29.4 Å². The predicted molar refractivity (Wildman–Crippen MR) is 135 cm³/mol. The number of rotatable bonds is 4. The molecule has 2 N–H and O–H groups in total. The highest BCUT2D eigenvalue weighted by molar-refractivity contribution is 7.80. The summed E-state index contributed by atoms with van der Waals surface area (Å²) < 4.78 is 0. The van der Waals surface area contributed by atoms with Gasteiger partial charge in [0.15, 0.2) is 5.11 Å². The van der Waals surface area contributed by atoms with Gasteiger partial charge in [-0.15, -0.1) is 0 Å². The normalized spacial score (nSPS) is 21.2. The van der Waals surface area contributed by atoms with Gasteiger partial charge in [-0.25, -0.2) is 4.99 Å². The number of anilines is 1. The third kappa shape index (κ3) is 4.80. The first kappa shape index (κ1) is 22.7. The van der Waals surface area contributed by atoms with Crippen LogP contribution in [0.4, 0.5) is 5.69 Å². The lowest BCUT2D eigenvalue weighted by Gasteiger charge is -2.24. The Morgan fingerprint density at radius 3 is 2.62 bits per heavy atom. The monoisotopic (exact) mass is 469 g/mol. The van der Waals surface area contributed by atoms with Gasteiger partial charge in [0.25, 0.3) is 5.91 Å². The maximum absolute atomic E-state index is 13.3. The number of benzodiazepines with no additional fused rings is 1. The summed E-state index contributed by atoms with van der Waals surface area (Å²) >= 11 is 11.9. The molecule has 2 atom stereocenters. The second kappa shape index (κ2) is 9.57. The lowest BCUT2D eigenvalue weighted by Crippen LogP contribution is -2.51. The Morgan fingerprint density at radius 2 is 1.94 bits per heavy atom. The van der Waals surface area contributed by atoms with E-state index in [4.69, 9.17) is 28.8 Å². The quantitative estimate of drug-likeness (QED) is 0.672. The van der Waals surface area contributed by atoms with Crippen LogP contribution in [0, 0.1) is 0 Å². The first-order chi connectivity index (χ1) is 15.3. The SMILES string of the molecule is CC(C)N1CCC(NC(=S)NC2N=C(c3ccccc3)c3cc(Cl)ccc3N(C)C2=O)C1. The Balaban J connectivity index is 1.61. The van der Waals surface area contributed by atoms with E-state index in [9.17, 15) is 4.79 Å². The molecule has 2 heterocycles. The van der Waals surface area contributed by atoms with Gasteiger partial charge in [-0.3, -0.25) is 9.69 Å². The number of carbonyl (C=O) groups is 1. The van der Waals surface area contributed by atoms with E-state index < -0.39 is 6.17 Å². The summed E-state index contributed by atoms with van der Waals surface area (Å²) in [7, 11) is 1.75. The van der Waals surface area contributed by atoms with Crippen LogP contribution in [0.2, 0.25) is 5.02 Å². The topological polar surface area (TPSA) is 60.0 Å². The number of nitrogens with one attached hydrogen (secondary N) is 2. The van der Waals surface area contributed by atoms with E-state index in [-0.39, 0.29) is 11.9 Å². The summed E-state index contributed by atoms with van der Waals surface area (Å²) in [5.74, 6) is -0.182. The molecule has 2 aromatic carbocycles. The molecule has 6 nitrogen and oxygen atoms in total. The van der Waals surface area contributed by atoms with Crippen LogP contribution in [0.5, 0.6) is 0 Å². The van der Waals surface area contributed by atoms with Crippen LogP contribution in [0.1, 0.15) is 31.4 Å². The fraction of sp³-hybridized carbons (Fsp3) is 0.375. The van der Waals surface area contributed by atoms with Gasteiger partial charge in [0.05, 0.1) is 11.4 Å². The minimum Gasteiger partial charge on any atom is -0.359 e. The number of hydrogen-bond donors (Lipinski definition) is 2. The Hall–Kier alpha value is -2.48. The number of halogens is 1. The molecule has 2 unspecified atom stereocenters. The molecule has 168 valence electrons. The first-order valence-electron chi connectivity index (χ1n) is 10.9. The predicted octanol–water partition coefficient (Wildman–Crippen LogP) is 3.43. The number of carbonyl (C=O) groups excluding carboxylic acids is 1. The van der Waals surface area contributed by atoms with Crippen LogP contribution in [-0.4, -0.2) is 60.0 Å². The third-order valence-corrected chi connectivity index (χ3v) is 6.47. The van der Waals surface area contributed by atoms with E-state index in [1.54, 1.807) is 18.0 Å². The van der Waals surface area contributed by atoms with Crippen LogP contribution in [0.15, 0.2) is 53.5 Å². The lowest BCUT2D eigenvalue weighted by atomic mass is 10.0. The van der Waals surface area contributed by atoms with Crippen molar-refractivity contribution in [3.8, 4) is 0 Å². The van der Waals surface area contributed by atoms with Gasteiger partial charge >= 0.3 is 0 Å². The van der Waals surface area contributed by atoms with Crippen molar-refractivity contribution >= 4 is 46.2 Å². The molecule has 1 fully saturated rings. The molecule has 4 rings (SSSR count). The molecule has 0 aliphatic carbocycles. The van der Waals surface area contributed by atoms with Gasteiger partial charge < -0.3 is 15.5 Å². The molecule has 1 amide bonds. The number of aliphatic imine (C=N–C) groups is 1. The van der Waals surface area contributed by atoms with Crippen LogP contribution in [0.3, 0.4) is 0 Å². The molecule has 0 spiro atoms. The molecular formula is C24H28ClN5OS. The van der Waals surface area contributed by atoms with Gasteiger partial charge in [-0.05, 0) is 50.7 Å². The van der Waals surface area contributed by atoms with Crippen LogP contribution >= 0.6 is 23.8 Å². The van der Waals surface area contributed by atoms with Crippen molar-refractivity contribution in [2.24, 2.45) is 4.99 Å². The summed E-state index contributed by atoms with van der Waals surface area (Å²) in [6, 6.07) is 16.1. The van der Waals surface area contributed by atoms with Gasteiger partial charge in [-0.1, -0.05) is 41.9 Å². The van der Waals surface area contributed by atoms with Crippen molar-refractivity contribution < 1.29 is 4.79 Å². The summed E-state index contributed by atoms with van der Waals surface area (Å²) in [6.45, 7) is 6.36. The molecule has 0 bridgehead atoms. The van der Waals surface area contributed by atoms with Crippen LogP contribution in [-0.2, 0) is 4.79 Å². The summed E-state index contributed by atoms with van der Waals surface area (Å²) in [4.78, 5) is 22.2. The van der Waals surface area contributed by atoms with E-state index in [0.717, 1.165) is 36.3 Å². The number of amides is 1. The molecule has 1 saturated heterocycles. The zero-order valence-electron chi connectivity index (χ0n) is 18.5. The number of nitrogens with zero attached hydrogens (tertiary/aromatic N) is 3. The Morgan fingerprint density at radius 1 is 1.19 bits per heavy atom. The molecule has 0 aromatic heterocycles. The Bertz CT molecular complexity index is 1040. The maximum atomic E-state index is 13.3. The third-order valence-electron chi connectivity index (χ3n) is 6.00. The molecule has 32 heavy (non-hydrogen) atoms. The molecule has 2 aliphatic rings. The highest BCUT2D eigenvalue weighted by atomic mass is 35.5. The lowest BCUT2D eigenvalue weighted by molar-refractivity contribution is -0.119. The first-order valence-corrected chi connectivity index (χ1v) is 11.6. The second-order valence-electron chi connectivity index (χ2n) is 8.50. The van der Waals surface area contributed by atoms with E-state index >= 15 is 0 Å². The number of fused-ring (bicyclic) bond motifs is 1. The van der Waals surface area contributed by atoms with Crippen molar-refractivity contribution in [1.29, 1.82) is 0 Å². The van der Waals surface area contributed by atoms with Crippen LogP contribution in [0.25, 0.3) is 0 Å². The molecule has 0 saturated carbocycles. The smallest absolute Gasteiger partial charge is 0.272 e. The number of benzene rings is 2. The average Bonchev–Trinajstić information content (AvgIpc) is 3.21. The number of hydrogen-bond acceptors (Lipinski definition) is 4. The van der Waals surface area contributed by atoms with Crippen molar-refractivity contribution in [1.82, 2.24) is 15.5 Å². The van der Waals surface area contributed by atoms with E-state index in [1.165, 1.54) is 0 Å². The maximum Gasteiger partial charge on any atom is 0.272 e. The molecule has 2 aromatic rings. The van der Waals surface area contributed by atoms with Gasteiger partial charge in [-0.2, -0.15) is 0 Å². The summed E-state index contributed by atoms with van der Waals surface area (Å²) in [5.41, 5.74) is 3.18. The zero-order chi connectivity index (χ0) is 22.8. The number of likely N-dealkylation sites (tertiary alicyclic amines) is 1. The van der Waals surface area contributed by atoms with Crippen molar-refractivity contribution in [2.75, 3.05) is 25.0 Å². The largest absolute Gasteiger partial charge is 0.359 e. The Labute approximate surface area is 199 Å². The minimum absolute atomic E-state index is 0.182. The molecule has 8 heteroatoms. The number of likely N-dealkylation sites (N-methyl/N-ethyl adjacent to an activating group) is 1. The van der Waals surface area contributed by atoms with Gasteiger partial charge in [0, 0.05) is 48.4 Å². The minimum atomic E-state index is -0.844. The highest BCUT2D eigenvalue weighted by Gasteiger charge is 2.31. The van der Waals surface area contributed by atoms with Crippen molar-refractivity contribution in [2.45, 2.75) is 38.5 Å². The summed E-state index contributed by atoms with van der Waals surface area (Å²) in [5, 5.41) is 7.55. The van der Waals surface area contributed by atoms with Crippen molar-refractivity contribution in [3.63, 3.8) is 0 Å². The van der Waals surface area contributed by atoms with Crippen molar-refractivity contribution in [3.05, 3.63) is 64.7 Å². The fourth-order valence-corrected chi connectivity index (χ4v) is 4.64. The fourth-order valence-electron chi connectivity index (χ4n) is 4.19. The molecular weight excluding hydrogens is 442 g/mol. The Kier molecular flexibility index (Phi) is 6.79. The summed E-state index contributed by atoms with van der Waals surface area (Å²) in [6.07, 6.45) is 0.171. The highest BCUT2D eigenvalue weighted by Crippen LogP contribution is 2.29.